The number of hydrogen-bond donors (Lipinski definition) is 2. The zero-order valence-corrected chi connectivity index (χ0v) is 13.5. The van der Waals surface area contributed by atoms with E-state index in [-0.39, 0.29) is 31.8 Å². The van der Waals surface area contributed by atoms with Crippen molar-refractivity contribution in [2.24, 2.45) is 0 Å². The topological polar surface area (TPSA) is 84.9 Å². The summed E-state index contributed by atoms with van der Waals surface area (Å²) in [6.45, 7) is 3.73. The normalized spacial score (nSPS) is 10.5. The van der Waals surface area contributed by atoms with E-state index in [0.29, 0.717) is 11.3 Å². The van der Waals surface area contributed by atoms with Gasteiger partial charge in [0, 0.05) is 11.0 Å². The molecule has 21 heavy (non-hydrogen) atoms. The van der Waals surface area contributed by atoms with Gasteiger partial charge in [0.1, 0.15) is 12.4 Å². The molecule has 0 bridgehead atoms. The standard InChI is InChI=1S/C14H18BrNO5/c1-9(2)21-12-7-10(15)3-4-11(12)14(19)16-5-6-20-8-13(17)18/h3-4,7,9H,5-6,8H2,1-2H3,(H,16,19)(H,17,18). The van der Waals surface area contributed by atoms with E-state index >= 15 is 0 Å². The van der Waals surface area contributed by atoms with Crippen LogP contribution in [0.3, 0.4) is 0 Å². The van der Waals surface area contributed by atoms with Gasteiger partial charge in [0.05, 0.1) is 18.3 Å². The van der Waals surface area contributed by atoms with E-state index in [9.17, 15) is 9.59 Å². The van der Waals surface area contributed by atoms with Gasteiger partial charge in [0.25, 0.3) is 5.91 Å². The predicted octanol–water partition coefficient (Wildman–Crippen LogP) is 2.07. The fourth-order valence-electron chi connectivity index (χ4n) is 1.53. The number of rotatable bonds is 8. The molecule has 0 saturated heterocycles. The highest BCUT2D eigenvalue weighted by Crippen LogP contribution is 2.24. The summed E-state index contributed by atoms with van der Waals surface area (Å²) in [4.78, 5) is 22.3. The number of ether oxygens (including phenoxy) is 2. The van der Waals surface area contributed by atoms with Crippen LogP contribution >= 0.6 is 15.9 Å². The Morgan fingerprint density at radius 3 is 2.71 bits per heavy atom. The smallest absolute Gasteiger partial charge is 0.329 e. The van der Waals surface area contributed by atoms with Crippen LogP contribution in [0, 0.1) is 0 Å². The summed E-state index contributed by atoms with van der Waals surface area (Å²) in [5, 5.41) is 11.1. The molecule has 1 aromatic carbocycles. The molecule has 0 unspecified atom stereocenters. The summed E-state index contributed by atoms with van der Waals surface area (Å²) < 4.78 is 11.3. The number of hydrogen-bond acceptors (Lipinski definition) is 4. The molecular weight excluding hydrogens is 342 g/mol. The largest absolute Gasteiger partial charge is 0.490 e. The summed E-state index contributed by atoms with van der Waals surface area (Å²) in [7, 11) is 0. The first-order chi connectivity index (χ1) is 9.90. The summed E-state index contributed by atoms with van der Waals surface area (Å²) in [6, 6.07) is 5.15. The van der Waals surface area contributed by atoms with E-state index in [1.54, 1.807) is 18.2 Å². The van der Waals surface area contributed by atoms with Gasteiger partial charge in [-0.1, -0.05) is 15.9 Å². The average Bonchev–Trinajstić information content (AvgIpc) is 2.37. The first kappa shape index (κ1) is 17.5. The molecule has 0 radical (unpaired) electrons. The third kappa shape index (κ3) is 6.59. The first-order valence-corrected chi connectivity index (χ1v) is 7.23. The third-order valence-electron chi connectivity index (χ3n) is 2.31. The van der Waals surface area contributed by atoms with Crippen molar-refractivity contribution in [3.05, 3.63) is 28.2 Å². The van der Waals surface area contributed by atoms with Crippen molar-refractivity contribution < 1.29 is 24.2 Å². The minimum atomic E-state index is -1.04. The van der Waals surface area contributed by atoms with Gasteiger partial charge < -0.3 is 19.9 Å². The summed E-state index contributed by atoms with van der Waals surface area (Å²) in [6.07, 6.45) is -0.0512. The number of carboxylic acid groups (broad SMARTS) is 1. The zero-order valence-electron chi connectivity index (χ0n) is 11.9. The molecule has 6 nitrogen and oxygen atoms in total. The Balaban J connectivity index is 2.58. The molecule has 0 aliphatic heterocycles. The van der Waals surface area contributed by atoms with E-state index in [1.807, 2.05) is 13.8 Å². The Morgan fingerprint density at radius 1 is 1.38 bits per heavy atom. The Bertz CT molecular complexity index is 504. The lowest BCUT2D eigenvalue weighted by atomic mass is 10.2. The van der Waals surface area contributed by atoms with Crippen LogP contribution in [0.1, 0.15) is 24.2 Å². The maximum Gasteiger partial charge on any atom is 0.329 e. The molecule has 0 heterocycles. The van der Waals surface area contributed by atoms with Crippen LogP contribution in [0.25, 0.3) is 0 Å². The SMILES string of the molecule is CC(C)Oc1cc(Br)ccc1C(=O)NCCOCC(=O)O. The van der Waals surface area contributed by atoms with Gasteiger partial charge >= 0.3 is 5.97 Å². The highest BCUT2D eigenvalue weighted by atomic mass is 79.9. The third-order valence-corrected chi connectivity index (χ3v) is 2.80. The van der Waals surface area contributed by atoms with Gasteiger partial charge in [-0.25, -0.2) is 4.79 Å². The number of halogens is 1. The molecule has 1 amide bonds. The Hall–Kier alpha value is -1.60. The number of carbonyl (C=O) groups is 2. The molecule has 0 spiro atoms. The molecule has 1 rings (SSSR count). The van der Waals surface area contributed by atoms with E-state index in [2.05, 4.69) is 21.2 Å². The van der Waals surface area contributed by atoms with Crippen LogP contribution in [0.2, 0.25) is 0 Å². The monoisotopic (exact) mass is 359 g/mol. The lowest BCUT2D eigenvalue weighted by molar-refractivity contribution is -0.142. The molecule has 0 aliphatic carbocycles. The first-order valence-electron chi connectivity index (χ1n) is 6.44. The van der Waals surface area contributed by atoms with Crippen molar-refractivity contribution in [2.45, 2.75) is 20.0 Å². The van der Waals surface area contributed by atoms with Gasteiger partial charge in [-0.05, 0) is 32.0 Å². The second-order valence-corrected chi connectivity index (χ2v) is 5.42. The summed E-state index contributed by atoms with van der Waals surface area (Å²) in [5.74, 6) is -0.845. The molecule has 7 heteroatoms. The Labute approximate surface area is 131 Å². The van der Waals surface area contributed by atoms with E-state index < -0.39 is 5.97 Å². The Morgan fingerprint density at radius 2 is 2.10 bits per heavy atom. The van der Waals surface area contributed by atoms with Gasteiger partial charge in [-0.2, -0.15) is 0 Å². The molecule has 0 atom stereocenters. The molecule has 1 aromatic rings. The molecule has 0 fully saturated rings. The Kier molecular flexibility index (Phi) is 7.18. The molecular formula is C14H18BrNO5. The maximum absolute atomic E-state index is 12.1. The van der Waals surface area contributed by atoms with E-state index in [4.69, 9.17) is 14.6 Å². The van der Waals surface area contributed by atoms with Gasteiger partial charge in [-0.3, -0.25) is 4.79 Å². The average molecular weight is 360 g/mol. The minimum Gasteiger partial charge on any atom is -0.490 e. The fraction of sp³-hybridized carbons (Fsp3) is 0.429. The van der Waals surface area contributed by atoms with Crippen LogP contribution in [0.5, 0.6) is 5.75 Å². The lowest BCUT2D eigenvalue weighted by Gasteiger charge is -2.14. The van der Waals surface area contributed by atoms with Crippen LogP contribution in [0.4, 0.5) is 0 Å². The molecule has 0 aliphatic rings. The van der Waals surface area contributed by atoms with Crippen molar-refractivity contribution in [2.75, 3.05) is 19.8 Å². The minimum absolute atomic E-state index is 0.0512. The van der Waals surface area contributed by atoms with Crippen molar-refractivity contribution in [3.8, 4) is 5.75 Å². The summed E-state index contributed by atoms with van der Waals surface area (Å²) in [5.41, 5.74) is 0.421. The highest BCUT2D eigenvalue weighted by molar-refractivity contribution is 9.10. The van der Waals surface area contributed by atoms with Gasteiger partial charge in [0.2, 0.25) is 0 Å². The predicted molar refractivity (Wildman–Crippen MR) is 80.7 cm³/mol. The van der Waals surface area contributed by atoms with Crippen molar-refractivity contribution >= 4 is 27.8 Å². The van der Waals surface area contributed by atoms with Crippen molar-refractivity contribution in [3.63, 3.8) is 0 Å². The van der Waals surface area contributed by atoms with Crippen molar-refractivity contribution in [1.29, 1.82) is 0 Å². The fourth-order valence-corrected chi connectivity index (χ4v) is 1.87. The lowest BCUT2D eigenvalue weighted by Crippen LogP contribution is -2.28. The second kappa shape index (κ2) is 8.63. The van der Waals surface area contributed by atoms with Crippen LogP contribution in [-0.4, -0.2) is 42.8 Å². The molecule has 0 saturated carbocycles. The number of benzene rings is 1. The quantitative estimate of drug-likeness (QED) is 0.694. The van der Waals surface area contributed by atoms with E-state index in [0.717, 1.165) is 4.47 Å². The number of aliphatic carboxylic acids is 1. The van der Waals surface area contributed by atoms with Crippen LogP contribution in [-0.2, 0) is 9.53 Å². The molecule has 2 N–H and O–H groups in total. The second-order valence-electron chi connectivity index (χ2n) is 4.51. The number of carbonyl (C=O) groups excluding carboxylic acids is 1. The highest BCUT2D eigenvalue weighted by Gasteiger charge is 2.13. The maximum atomic E-state index is 12.1. The number of carboxylic acids is 1. The number of amides is 1. The van der Waals surface area contributed by atoms with Gasteiger partial charge in [0.15, 0.2) is 0 Å². The van der Waals surface area contributed by atoms with Crippen LogP contribution < -0.4 is 10.1 Å². The number of nitrogens with one attached hydrogen (secondary N) is 1. The zero-order chi connectivity index (χ0) is 15.8. The van der Waals surface area contributed by atoms with E-state index in [1.165, 1.54) is 0 Å². The molecule has 0 aromatic heterocycles. The summed E-state index contributed by atoms with van der Waals surface area (Å²) >= 11 is 3.33. The van der Waals surface area contributed by atoms with Crippen molar-refractivity contribution in [1.82, 2.24) is 5.32 Å². The molecule has 116 valence electrons. The van der Waals surface area contributed by atoms with Gasteiger partial charge in [-0.15, -0.1) is 0 Å². The van der Waals surface area contributed by atoms with Crippen LogP contribution in [0.15, 0.2) is 22.7 Å².